The van der Waals surface area contributed by atoms with E-state index >= 15 is 0 Å². The summed E-state index contributed by atoms with van der Waals surface area (Å²) in [5.74, 6) is -1.82. The molecule has 2 heterocycles. The topological polar surface area (TPSA) is 66.9 Å². The molecule has 1 fully saturated rings. The Morgan fingerprint density at radius 2 is 1.78 bits per heavy atom. The zero-order chi connectivity index (χ0) is 16.4. The van der Waals surface area contributed by atoms with Gasteiger partial charge in [0, 0.05) is 31.9 Å². The lowest BCUT2D eigenvalue weighted by Crippen LogP contribution is -2.50. The number of piperazine rings is 1. The molecule has 0 saturated carbocycles. The van der Waals surface area contributed by atoms with Gasteiger partial charge in [-0.1, -0.05) is 0 Å². The molecule has 1 saturated heterocycles. The van der Waals surface area contributed by atoms with Gasteiger partial charge in [0.25, 0.3) is 0 Å². The SMILES string of the molecule is O=C1OC=CC1CS(=O)(=O)N1CCN(c2ccc(F)cc2)CC1. The number of carbonyl (C=O) groups excluding carboxylic acids is 1. The van der Waals surface area contributed by atoms with E-state index in [4.69, 9.17) is 0 Å². The van der Waals surface area contributed by atoms with Crippen molar-refractivity contribution in [3.8, 4) is 0 Å². The normalized spacial score (nSPS) is 22.4. The minimum Gasteiger partial charge on any atom is -0.434 e. The van der Waals surface area contributed by atoms with Crippen LogP contribution in [0.1, 0.15) is 0 Å². The number of hydrogen-bond donors (Lipinski definition) is 0. The first-order valence-electron chi connectivity index (χ1n) is 7.31. The van der Waals surface area contributed by atoms with E-state index in [9.17, 15) is 17.6 Å². The predicted molar refractivity (Wildman–Crippen MR) is 82.7 cm³/mol. The maximum Gasteiger partial charge on any atom is 0.318 e. The van der Waals surface area contributed by atoms with Crippen LogP contribution < -0.4 is 4.90 Å². The Kier molecular flexibility index (Phi) is 4.36. The molecule has 0 amide bonds. The molecule has 0 N–H and O–H groups in total. The minimum atomic E-state index is -3.52. The Bertz CT molecular complexity index is 709. The van der Waals surface area contributed by atoms with E-state index in [0.717, 1.165) is 5.69 Å². The van der Waals surface area contributed by atoms with Crippen LogP contribution in [0.5, 0.6) is 0 Å². The summed E-state index contributed by atoms with van der Waals surface area (Å²) >= 11 is 0. The van der Waals surface area contributed by atoms with E-state index in [2.05, 4.69) is 4.74 Å². The van der Waals surface area contributed by atoms with Crippen LogP contribution >= 0.6 is 0 Å². The maximum absolute atomic E-state index is 12.9. The van der Waals surface area contributed by atoms with Crippen LogP contribution in [0.15, 0.2) is 36.6 Å². The molecule has 0 radical (unpaired) electrons. The number of ether oxygens (including phenoxy) is 1. The van der Waals surface area contributed by atoms with Crippen molar-refractivity contribution in [2.45, 2.75) is 0 Å². The quantitative estimate of drug-likeness (QED) is 0.764. The molecular weight excluding hydrogens is 323 g/mol. The molecule has 8 heteroatoms. The van der Waals surface area contributed by atoms with E-state index in [1.807, 2.05) is 4.90 Å². The molecule has 0 bridgehead atoms. The number of benzene rings is 1. The van der Waals surface area contributed by atoms with Gasteiger partial charge in [0.15, 0.2) is 0 Å². The second kappa shape index (κ2) is 6.29. The van der Waals surface area contributed by atoms with Crippen LogP contribution in [-0.2, 0) is 19.6 Å². The van der Waals surface area contributed by atoms with Gasteiger partial charge in [-0.3, -0.25) is 4.79 Å². The molecule has 1 unspecified atom stereocenters. The van der Waals surface area contributed by atoms with Crippen molar-refractivity contribution in [2.75, 3.05) is 36.8 Å². The van der Waals surface area contributed by atoms with Crippen LogP contribution in [0.2, 0.25) is 0 Å². The maximum atomic E-state index is 12.9. The third-order valence-electron chi connectivity index (χ3n) is 4.01. The molecule has 3 rings (SSSR count). The van der Waals surface area contributed by atoms with Crippen molar-refractivity contribution in [3.05, 3.63) is 42.4 Å². The molecule has 124 valence electrons. The number of anilines is 1. The van der Waals surface area contributed by atoms with Crippen molar-refractivity contribution in [2.24, 2.45) is 5.92 Å². The van der Waals surface area contributed by atoms with Crippen LogP contribution in [-0.4, -0.2) is 50.6 Å². The van der Waals surface area contributed by atoms with E-state index in [1.165, 1.54) is 28.8 Å². The standard InChI is InChI=1S/C15H17FN2O4S/c16-13-1-3-14(4-2-13)17-6-8-18(9-7-17)23(20,21)11-12-5-10-22-15(12)19/h1-5,10,12H,6-9,11H2. The average Bonchev–Trinajstić information content (AvgIpc) is 2.93. The van der Waals surface area contributed by atoms with E-state index in [-0.39, 0.29) is 11.6 Å². The Morgan fingerprint density at radius 3 is 2.35 bits per heavy atom. The van der Waals surface area contributed by atoms with E-state index in [0.29, 0.717) is 26.2 Å². The van der Waals surface area contributed by atoms with Crippen LogP contribution in [0.4, 0.5) is 10.1 Å². The van der Waals surface area contributed by atoms with Crippen molar-refractivity contribution in [1.29, 1.82) is 0 Å². The van der Waals surface area contributed by atoms with Gasteiger partial charge < -0.3 is 9.64 Å². The van der Waals surface area contributed by atoms with Crippen molar-refractivity contribution < 1.29 is 22.3 Å². The molecule has 0 aliphatic carbocycles. The summed E-state index contributed by atoms with van der Waals surface area (Å²) in [4.78, 5) is 13.4. The lowest BCUT2D eigenvalue weighted by Gasteiger charge is -2.35. The second-order valence-electron chi connectivity index (χ2n) is 5.51. The zero-order valence-corrected chi connectivity index (χ0v) is 13.2. The van der Waals surface area contributed by atoms with Gasteiger partial charge in [0.1, 0.15) is 5.82 Å². The smallest absolute Gasteiger partial charge is 0.318 e. The van der Waals surface area contributed by atoms with Gasteiger partial charge in [-0.2, -0.15) is 4.31 Å². The highest BCUT2D eigenvalue weighted by Gasteiger charge is 2.33. The monoisotopic (exact) mass is 340 g/mol. The lowest BCUT2D eigenvalue weighted by molar-refractivity contribution is -0.138. The van der Waals surface area contributed by atoms with Crippen molar-refractivity contribution in [1.82, 2.24) is 4.31 Å². The predicted octanol–water partition coefficient (Wildman–Crippen LogP) is 0.964. The highest BCUT2D eigenvalue weighted by atomic mass is 32.2. The summed E-state index contributed by atoms with van der Waals surface area (Å²) in [5.41, 5.74) is 0.866. The molecule has 23 heavy (non-hydrogen) atoms. The molecule has 2 aliphatic rings. The number of cyclic esters (lactones) is 1. The third kappa shape index (κ3) is 3.53. The fourth-order valence-corrected chi connectivity index (χ4v) is 4.33. The second-order valence-corrected chi connectivity index (χ2v) is 7.53. The number of hydrogen-bond acceptors (Lipinski definition) is 5. The van der Waals surface area contributed by atoms with Crippen molar-refractivity contribution >= 4 is 21.7 Å². The van der Waals surface area contributed by atoms with Crippen LogP contribution in [0, 0.1) is 11.7 Å². The Labute approximate surface area is 134 Å². The lowest BCUT2D eigenvalue weighted by atomic mass is 10.2. The van der Waals surface area contributed by atoms with Crippen LogP contribution in [0.25, 0.3) is 0 Å². The molecular formula is C15H17FN2O4S. The largest absolute Gasteiger partial charge is 0.434 e. The molecule has 1 aromatic rings. The first kappa shape index (κ1) is 15.9. The number of esters is 1. The number of sulfonamides is 1. The van der Waals surface area contributed by atoms with Gasteiger partial charge in [-0.25, -0.2) is 12.8 Å². The zero-order valence-electron chi connectivity index (χ0n) is 12.4. The Morgan fingerprint density at radius 1 is 1.13 bits per heavy atom. The number of carbonyl (C=O) groups is 1. The van der Waals surface area contributed by atoms with Gasteiger partial charge in [-0.05, 0) is 30.3 Å². The van der Waals surface area contributed by atoms with Gasteiger partial charge in [0.2, 0.25) is 10.0 Å². The fraction of sp³-hybridized carbons (Fsp3) is 0.400. The van der Waals surface area contributed by atoms with Crippen LogP contribution in [0.3, 0.4) is 0 Å². The highest BCUT2D eigenvalue weighted by molar-refractivity contribution is 7.89. The molecule has 2 aliphatic heterocycles. The summed E-state index contributed by atoms with van der Waals surface area (Å²) in [7, 11) is -3.52. The van der Waals surface area contributed by atoms with Gasteiger partial charge >= 0.3 is 5.97 Å². The summed E-state index contributed by atoms with van der Waals surface area (Å²) in [5, 5.41) is 0. The molecule has 6 nitrogen and oxygen atoms in total. The fourth-order valence-electron chi connectivity index (χ4n) is 2.70. The van der Waals surface area contributed by atoms with E-state index in [1.54, 1.807) is 12.1 Å². The Balaban J connectivity index is 1.60. The average molecular weight is 340 g/mol. The summed E-state index contributed by atoms with van der Waals surface area (Å²) in [6.07, 6.45) is 2.70. The Hall–Kier alpha value is -1.93. The first-order valence-corrected chi connectivity index (χ1v) is 8.92. The number of nitrogens with zero attached hydrogens (tertiary/aromatic N) is 2. The number of halogens is 1. The summed E-state index contributed by atoms with van der Waals surface area (Å²) in [6, 6.07) is 6.13. The molecule has 0 aromatic heterocycles. The van der Waals surface area contributed by atoms with Gasteiger partial charge in [-0.15, -0.1) is 0 Å². The summed E-state index contributed by atoms with van der Waals surface area (Å²) < 4.78 is 43.8. The third-order valence-corrected chi connectivity index (χ3v) is 5.94. The summed E-state index contributed by atoms with van der Waals surface area (Å²) in [6.45, 7) is 1.72. The molecule has 1 atom stereocenters. The number of rotatable bonds is 4. The molecule has 1 aromatic carbocycles. The van der Waals surface area contributed by atoms with E-state index < -0.39 is 21.9 Å². The minimum absolute atomic E-state index is 0.265. The van der Waals surface area contributed by atoms with Gasteiger partial charge in [0.05, 0.1) is 17.9 Å². The first-order chi connectivity index (χ1) is 11.0. The van der Waals surface area contributed by atoms with Crippen molar-refractivity contribution in [3.63, 3.8) is 0 Å². The highest BCUT2D eigenvalue weighted by Crippen LogP contribution is 2.20. The molecule has 0 spiro atoms.